The number of nitrogens with one attached hydrogen (secondary N) is 2. The zero-order valence-electron chi connectivity index (χ0n) is 16.1. The van der Waals surface area contributed by atoms with E-state index < -0.39 is 23.9 Å². The lowest BCUT2D eigenvalue weighted by atomic mass is 10.0. The second-order valence-corrected chi connectivity index (χ2v) is 7.06. The molecule has 7 heteroatoms. The maximum absolute atomic E-state index is 13.0. The van der Waals surface area contributed by atoms with E-state index in [0.717, 1.165) is 25.7 Å². The van der Waals surface area contributed by atoms with E-state index in [1.165, 1.54) is 31.2 Å². The van der Waals surface area contributed by atoms with Crippen molar-refractivity contribution in [2.45, 2.75) is 44.8 Å². The molecule has 0 spiro atoms. The summed E-state index contributed by atoms with van der Waals surface area (Å²) < 4.78 is 18.5. The number of ether oxygens (including phenoxy) is 1. The van der Waals surface area contributed by atoms with Gasteiger partial charge < -0.3 is 10.1 Å². The van der Waals surface area contributed by atoms with Crippen LogP contribution >= 0.6 is 0 Å². The normalized spacial score (nSPS) is 14.8. The number of halogens is 1. The molecule has 1 saturated carbocycles. The fraction of sp³-hybridized carbons (Fsp3) is 0.318. The predicted molar refractivity (Wildman–Crippen MR) is 105 cm³/mol. The Hall–Kier alpha value is -3.22. The molecule has 1 unspecified atom stereocenters. The van der Waals surface area contributed by atoms with Crippen molar-refractivity contribution in [1.82, 2.24) is 10.6 Å². The van der Waals surface area contributed by atoms with Crippen molar-refractivity contribution in [1.29, 1.82) is 0 Å². The van der Waals surface area contributed by atoms with Gasteiger partial charge in [0, 0.05) is 17.2 Å². The summed E-state index contributed by atoms with van der Waals surface area (Å²) in [6, 6.07) is 11.2. The quantitative estimate of drug-likeness (QED) is 0.729. The van der Waals surface area contributed by atoms with Crippen LogP contribution in [-0.4, -0.2) is 29.9 Å². The standard InChI is InChI=1S/C22H23FN2O4/c1-14(21(27)25-22(28)24-18-4-2-3-5-18)29-19-12-8-16(9-13-19)20(26)15-6-10-17(23)11-7-15/h6-14,18H,2-5H2,1H3,(H2,24,25,27,28). The van der Waals surface area contributed by atoms with Crippen molar-refractivity contribution in [2.24, 2.45) is 0 Å². The van der Waals surface area contributed by atoms with Gasteiger partial charge in [-0.3, -0.25) is 14.9 Å². The highest BCUT2D eigenvalue weighted by atomic mass is 19.1. The molecule has 6 nitrogen and oxygen atoms in total. The van der Waals surface area contributed by atoms with Gasteiger partial charge in [0.15, 0.2) is 11.9 Å². The van der Waals surface area contributed by atoms with E-state index in [2.05, 4.69) is 10.6 Å². The van der Waals surface area contributed by atoms with E-state index in [0.29, 0.717) is 16.9 Å². The van der Waals surface area contributed by atoms with Crippen LogP contribution in [-0.2, 0) is 4.79 Å². The van der Waals surface area contributed by atoms with Gasteiger partial charge in [-0.2, -0.15) is 0 Å². The minimum atomic E-state index is -0.886. The lowest BCUT2D eigenvalue weighted by Gasteiger charge is -2.16. The number of rotatable bonds is 6. The molecule has 1 fully saturated rings. The van der Waals surface area contributed by atoms with Crippen molar-refractivity contribution in [3.8, 4) is 5.75 Å². The Morgan fingerprint density at radius 3 is 2.10 bits per heavy atom. The number of amides is 3. The van der Waals surface area contributed by atoms with Gasteiger partial charge in [0.2, 0.25) is 0 Å². The first-order valence-electron chi connectivity index (χ1n) is 9.61. The molecule has 0 aromatic heterocycles. The lowest BCUT2D eigenvalue weighted by Crippen LogP contribution is -2.47. The number of ketones is 1. The maximum Gasteiger partial charge on any atom is 0.321 e. The number of carbonyl (C=O) groups excluding carboxylic acids is 3. The summed E-state index contributed by atoms with van der Waals surface area (Å²) in [7, 11) is 0. The maximum atomic E-state index is 13.0. The van der Waals surface area contributed by atoms with Crippen molar-refractivity contribution < 1.29 is 23.5 Å². The number of hydrogen-bond acceptors (Lipinski definition) is 4. The molecular formula is C22H23FN2O4. The molecule has 0 bridgehead atoms. The molecule has 0 saturated heterocycles. The Labute approximate surface area is 168 Å². The highest BCUT2D eigenvalue weighted by Gasteiger charge is 2.21. The fourth-order valence-electron chi connectivity index (χ4n) is 3.22. The zero-order chi connectivity index (χ0) is 20.8. The van der Waals surface area contributed by atoms with Gasteiger partial charge in [-0.1, -0.05) is 12.8 Å². The van der Waals surface area contributed by atoms with E-state index in [1.54, 1.807) is 24.3 Å². The van der Waals surface area contributed by atoms with Gasteiger partial charge in [0.05, 0.1) is 0 Å². The number of imide groups is 1. The van der Waals surface area contributed by atoms with Crippen LogP contribution in [0.5, 0.6) is 5.75 Å². The Balaban J connectivity index is 1.52. The van der Waals surface area contributed by atoms with Crippen molar-refractivity contribution in [2.75, 3.05) is 0 Å². The summed E-state index contributed by atoms with van der Waals surface area (Å²) >= 11 is 0. The first-order valence-corrected chi connectivity index (χ1v) is 9.61. The van der Waals surface area contributed by atoms with E-state index >= 15 is 0 Å². The van der Waals surface area contributed by atoms with Crippen LogP contribution in [0.3, 0.4) is 0 Å². The van der Waals surface area contributed by atoms with Crippen molar-refractivity contribution in [3.05, 3.63) is 65.5 Å². The molecule has 1 aliphatic rings. The molecule has 1 aliphatic carbocycles. The molecule has 152 valence electrons. The Morgan fingerprint density at radius 2 is 1.52 bits per heavy atom. The first-order chi connectivity index (χ1) is 13.9. The Bertz CT molecular complexity index is 875. The molecule has 2 N–H and O–H groups in total. The summed E-state index contributed by atoms with van der Waals surface area (Å²) in [6.45, 7) is 1.54. The van der Waals surface area contributed by atoms with Crippen LogP contribution in [0, 0.1) is 5.82 Å². The lowest BCUT2D eigenvalue weighted by molar-refractivity contribution is -0.126. The fourth-order valence-corrected chi connectivity index (χ4v) is 3.22. The van der Waals surface area contributed by atoms with Crippen LogP contribution in [0.15, 0.2) is 48.5 Å². The van der Waals surface area contributed by atoms with Gasteiger partial charge in [0.1, 0.15) is 11.6 Å². The van der Waals surface area contributed by atoms with Crippen LogP contribution in [0.4, 0.5) is 9.18 Å². The minimum absolute atomic E-state index is 0.116. The average Bonchev–Trinajstić information content (AvgIpc) is 3.21. The molecule has 0 aliphatic heterocycles. The van der Waals surface area contributed by atoms with Crippen molar-refractivity contribution in [3.63, 3.8) is 0 Å². The molecule has 2 aromatic carbocycles. The van der Waals surface area contributed by atoms with Crippen LogP contribution in [0.25, 0.3) is 0 Å². The zero-order valence-corrected chi connectivity index (χ0v) is 16.1. The molecule has 0 heterocycles. The highest BCUT2D eigenvalue weighted by Crippen LogP contribution is 2.18. The smallest absolute Gasteiger partial charge is 0.321 e. The molecule has 3 amide bonds. The highest BCUT2D eigenvalue weighted by molar-refractivity contribution is 6.09. The molecule has 3 rings (SSSR count). The molecule has 29 heavy (non-hydrogen) atoms. The third kappa shape index (κ3) is 5.63. The Morgan fingerprint density at radius 1 is 0.966 bits per heavy atom. The molecule has 2 aromatic rings. The van der Waals surface area contributed by atoms with Gasteiger partial charge in [-0.05, 0) is 68.3 Å². The molecule has 1 atom stereocenters. The van der Waals surface area contributed by atoms with Gasteiger partial charge in [0.25, 0.3) is 5.91 Å². The van der Waals surface area contributed by atoms with E-state index in [1.807, 2.05) is 0 Å². The second-order valence-electron chi connectivity index (χ2n) is 7.06. The van der Waals surface area contributed by atoms with Gasteiger partial charge in [-0.25, -0.2) is 9.18 Å². The van der Waals surface area contributed by atoms with Gasteiger partial charge >= 0.3 is 6.03 Å². The molecule has 0 radical (unpaired) electrons. The first kappa shape index (κ1) is 20.5. The van der Waals surface area contributed by atoms with Crippen LogP contribution in [0.2, 0.25) is 0 Å². The van der Waals surface area contributed by atoms with E-state index in [-0.39, 0.29) is 11.8 Å². The van der Waals surface area contributed by atoms with Crippen LogP contribution in [0.1, 0.15) is 48.5 Å². The van der Waals surface area contributed by atoms with E-state index in [4.69, 9.17) is 4.74 Å². The summed E-state index contributed by atoms with van der Waals surface area (Å²) in [5.74, 6) is -0.813. The summed E-state index contributed by atoms with van der Waals surface area (Å²) in [5, 5.41) is 5.06. The summed E-state index contributed by atoms with van der Waals surface area (Å²) in [6.07, 6.45) is 3.13. The van der Waals surface area contributed by atoms with Crippen LogP contribution < -0.4 is 15.4 Å². The number of benzene rings is 2. The van der Waals surface area contributed by atoms with Gasteiger partial charge in [-0.15, -0.1) is 0 Å². The second kappa shape index (κ2) is 9.32. The third-order valence-electron chi connectivity index (χ3n) is 4.83. The SMILES string of the molecule is CC(Oc1ccc(C(=O)c2ccc(F)cc2)cc1)C(=O)NC(=O)NC1CCCC1. The van der Waals surface area contributed by atoms with Crippen molar-refractivity contribution >= 4 is 17.7 Å². The number of carbonyl (C=O) groups is 3. The predicted octanol–water partition coefficient (Wildman–Crippen LogP) is 3.59. The average molecular weight is 398 g/mol. The Kier molecular flexibility index (Phi) is 6.59. The molecular weight excluding hydrogens is 375 g/mol. The largest absolute Gasteiger partial charge is 0.481 e. The summed E-state index contributed by atoms with van der Waals surface area (Å²) in [4.78, 5) is 36.4. The number of hydrogen-bond donors (Lipinski definition) is 2. The third-order valence-corrected chi connectivity index (χ3v) is 4.83. The monoisotopic (exact) mass is 398 g/mol. The summed E-state index contributed by atoms with van der Waals surface area (Å²) in [5.41, 5.74) is 0.790. The number of urea groups is 1. The van der Waals surface area contributed by atoms with E-state index in [9.17, 15) is 18.8 Å². The minimum Gasteiger partial charge on any atom is -0.481 e. The topological polar surface area (TPSA) is 84.5 Å².